The Balaban J connectivity index is 2.05. The van der Waals surface area contributed by atoms with Crippen molar-refractivity contribution < 1.29 is 9.50 Å². The van der Waals surface area contributed by atoms with Crippen molar-refractivity contribution in [1.29, 1.82) is 0 Å². The van der Waals surface area contributed by atoms with Gasteiger partial charge >= 0.3 is 0 Å². The van der Waals surface area contributed by atoms with Crippen LogP contribution in [0.5, 0.6) is 0 Å². The van der Waals surface area contributed by atoms with E-state index in [1.165, 1.54) is 23.1 Å². The SMILES string of the molecule is O=c1c(N2CCCCC2)nc(CCCO)cn1-c1ccc(F)cc1. The maximum atomic E-state index is 13.2. The van der Waals surface area contributed by atoms with Gasteiger partial charge in [0.1, 0.15) is 5.82 Å². The lowest BCUT2D eigenvalue weighted by molar-refractivity contribution is 0.288. The van der Waals surface area contributed by atoms with Crippen molar-refractivity contribution in [1.82, 2.24) is 9.55 Å². The summed E-state index contributed by atoms with van der Waals surface area (Å²) in [5.41, 5.74) is 1.19. The molecule has 5 nitrogen and oxygen atoms in total. The second-order valence-electron chi connectivity index (χ2n) is 6.08. The Morgan fingerprint density at radius 1 is 1.12 bits per heavy atom. The first-order chi connectivity index (χ1) is 11.7. The number of anilines is 1. The van der Waals surface area contributed by atoms with Crippen LogP contribution in [0.3, 0.4) is 0 Å². The molecule has 6 heteroatoms. The highest BCUT2D eigenvalue weighted by Gasteiger charge is 2.18. The predicted molar refractivity (Wildman–Crippen MR) is 91.3 cm³/mol. The smallest absolute Gasteiger partial charge is 0.298 e. The molecule has 0 saturated carbocycles. The number of piperidine rings is 1. The molecule has 24 heavy (non-hydrogen) atoms. The molecule has 0 aliphatic carbocycles. The van der Waals surface area contributed by atoms with Crippen LogP contribution in [0.1, 0.15) is 31.4 Å². The first-order valence-corrected chi connectivity index (χ1v) is 8.43. The summed E-state index contributed by atoms with van der Waals surface area (Å²) in [5, 5.41) is 9.07. The standard InChI is InChI=1S/C18H22FN3O2/c19-14-6-8-16(9-7-14)22-13-15(5-4-12-23)20-17(18(22)24)21-10-2-1-3-11-21/h6-9,13,23H,1-5,10-12H2. The number of benzene rings is 1. The van der Waals surface area contributed by atoms with Gasteiger partial charge < -0.3 is 10.0 Å². The predicted octanol–water partition coefficient (Wildman–Crippen LogP) is 2.29. The number of nitrogens with zero attached hydrogens (tertiary/aromatic N) is 3. The van der Waals surface area contributed by atoms with Crippen molar-refractivity contribution in [2.45, 2.75) is 32.1 Å². The van der Waals surface area contributed by atoms with Crippen molar-refractivity contribution in [2.75, 3.05) is 24.6 Å². The van der Waals surface area contributed by atoms with Crippen molar-refractivity contribution in [3.8, 4) is 5.69 Å². The van der Waals surface area contributed by atoms with Gasteiger partial charge in [0.15, 0.2) is 5.82 Å². The lowest BCUT2D eigenvalue weighted by Gasteiger charge is -2.28. The van der Waals surface area contributed by atoms with Crippen LogP contribution in [-0.2, 0) is 6.42 Å². The quantitative estimate of drug-likeness (QED) is 0.913. The van der Waals surface area contributed by atoms with E-state index in [0.29, 0.717) is 24.3 Å². The highest BCUT2D eigenvalue weighted by atomic mass is 19.1. The summed E-state index contributed by atoms with van der Waals surface area (Å²) >= 11 is 0. The molecule has 1 aliphatic heterocycles. The lowest BCUT2D eigenvalue weighted by Crippen LogP contribution is -2.37. The number of aromatic nitrogens is 2. The lowest BCUT2D eigenvalue weighted by atomic mass is 10.1. The van der Waals surface area contributed by atoms with Crippen LogP contribution in [0.2, 0.25) is 0 Å². The zero-order chi connectivity index (χ0) is 16.9. The number of halogens is 1. The normalized spacial score (nSPS) is 14.8. The van der Waals surface area contributed by atoms with E-state index in [1.807, 2.05) is 4.90 Å². The van der Waals surface area contributed by atoms with Gasteiger partial charge in [0.25, 0.3) is 5.56 Å². The molecule has 1 fully saturated rings. The zero-order valence-electron chi connectivity index (χ0n) is 13.6. The minimum absolute atomic E-state index is 0.0798. The Kier molecular flexibility index (Phi) is 5.25. The second kappa shape index (κ2) is 7.57. The van der Waals surface area contributed by atoms with Gasteiger partial charge in [0.2, 0.25) is 0 Å². The molecule has 1 aliphatic rings. The highest BCUT2D eigenvalue weighted by Crippen LogP contribution is 2.17. The topological polar surface area (TPSA) is 58.4 Å². The molecule has 128 valence electrons. The third-order valence-electron chi connectivity index (χ3n) is 4.29. The summed E-state index contributed by atoms with van der Waals surface area (Å²) in [6.07, 6.45) is 6.16. The molecule has 0 spiro atoms. The minimum atomic E-state index is -0.336. The van der Waals surface area contributed by atoms with Gasteiger partial charge in [-0.2, -0.15) is 0 Å². The third-order valence-corrected chi connectivity index (χ3v) is 4.29. The maximum Gasteiger partial charge on any atom is 0.298 e. The van der Waals surface area contributed by atoms with Crippen LogP contribution in [0, 0.1) is 5.82 Å². The Morgan fingerprint density at radius 3 is 2.50 bits per heavy atom. The fourth-order valence-electron chi connectivity index (χ4n) is 3.01. The van der Waals surface area contributed by atoms with Crippen LogP contribution >= 0.6 is 0 Å². The second-order valence-corrected chi connectivity index (χ2v) is 6.08. The minimum Gasteiger partial charge on any atom is -0.396 e. The van der Waals surface area contributed by atoms with Gasteiger partial charge in [-0.15, -0.1) is 0 Å². The number of aliphatic hydroxyl groups is 1. The van der Waals surface area contributed by atoms with E-state index in [1.54, 1.807) is 18.3 Å². The summed E-state index contributed by atoms with van der Waals surface area (Å²) in [6.45, 7) is 1.74. The first kappa shape index (κ1) is 16.6. The molecule has 0 unspecified atom stereocenters. The van der Waals surface area contributed by atoms with E-state index in [2.05, 4.69) is 4.98 Å². The van der Waals surface area contributed by atoms with Gasteiger partial charge in [-0.25, -0.2) is 9.37 Å². The Bertz CT molecular complexity index is 737. The molecule has 0 atom stereocenters. The molecule has 1 aromatic carbocycles. The largest absolute Gasteiger partial charge is 0.396 e. The van der Waals surface area contributed by atoms with Crippen LogP contribution in [0.25, 0.3) is 5.69 Å². The summed E-state index contributed by atoms with van der Waals surface area (Å²) in [4.78, 5) is 19.5. The molecular weight excluding hydrogens is 309 g/mol. The van der Waals surface area contributed by atoms with Crippen LogP contribution in [0.4, 0.5) is 10.2 Å². The number of rotatable bonds is 5. The fraction of sp³-hybridized carbons (Fsp3) is 0.444. The molecular formula is C18H22FN3O2. The molecule has 1 aromatic heterocycles. The van der Waals surface area contributed by atoms with E-state index in [-0.39, 0.29) is 18.0 Å². The number of hydrogen-bond donors (Lipinski definition) is 1. The number of aliphatic hydroxyl groups excluding tert-OH is 1. The molecule has 3 rings (SSSR count). The van der Waals surface area contributed by atoms with Crippen molar-refractivity contribution >= 4 is 5.82 Å². The molecule has 2 aromatic rings. The van der Waals surface area contributed by atoms with Gasteiger partial charge in [-0.3, -0.25) is 9.36 Å². The molecule has 1 N–H and O–H groups in total. The fourth-order valence-corrected chi connectivity index (χ4v) is 3.01. The van der Waals surface area contributed by atoms with Gasteiger partial charge in [0, 0.05) is 31.6 Å². The molecule has 0 radical (unpaired) electrons. The van der Waals surface area contributed by atoms with E-state index >= 15 is 0 Å². The highest BCUT2D eigenvalue weighted by molar-refractivity contribution is 5.42. The monoisotopic (exact) mass is 331 g/mol. The summed E-state index contributed by atoms with van der Waals surface area (Å²) in [5.74, 6) is 0.118. The van der Waals surface area contributed by atoms with E-state index < -0.39 is 0 Å². The maximum absolute atomic E-state index is 13.2. The third kappa shape index (κ3) is 3.64. The van der Waals surface area contributed by atoms with E-state index in [4.69, 9.17) is 5.11 Å². The van der Waals surface area contributed by atoms with Crippen molar-refractivity contribution in [3.05, 3.63) is 52.3 Å². The molecule has 0 bridgehead atoms. The Labute approximate surface area is 140 Å². The molecule has 1 saturated heterocycles. The zero-order valence-corrected chi connectivity index (χ0v) is 13.6. The van der Waals surface area contributed by atoms with Gasteiger partial charge in [-0.1, -0.05) is 0 Å². The summed E-state index contributed by atoms with van der Waals surface area (Å²) < 4.78 is 14.7. The van der Waals surface area contributed by atoms with E-state index in [0.717, 1.165) is 31.6 Å². The average Bonchev–Trinajstić information content (AvgIpc) is 2.62. The number of aryl methyl sites for hydroxylation is 1. The van der Waals surface area contributed by atoms with Gasteiger partial charge in [0.05, 0.1) is 5.69 Å². The van der Waals surface area contributed by atoms with Gasteiger partial charge in [-0.05, 0) is 56.4 Å². The molecule has 0 amide bonds. The van der Waals surface area contributed by atoms with Crippen LogP contribution in [0.15, 0.2) is 35.3 Å². The molecule has 2 heterocycles. The van der Waals surface area contributed by atoms with Crippen molar-refractivity contribution in [2.24, 2.45) is 0 Å². The van der Waals surface area contributed by atoms with Crippen molar-refractivity contribution in [3.63, 3.8) is 0 Å². The summed E-state index contributed by atoms with van der Waals surface area (Å²) in [7, 11) is 0. The Hall–Kier alpha value is -2.21. The number of hydrogen-bond acceptors (Lipinski definition) is 4. The average molecular weight is 331 g/mol. The van der Waals surface area contributed by atoms with E-state index in [9.17, 15) is 9.18 Å². The summed E-state index contributed by atoms with van der Waals surface area (Å²) in [6, 6.07) is 5.87. The Morgan fingerprint density at radius 2 is 1.83 bits per heavy atom. The van der Waals surface area contributed by atoms with Crippen LogP contribution in [-0.4, -0.2) is 34.4 Å². The van der Waals surface area contributed by atoms with Crippen LogP contribution < -0.4 is 10.5 Å². The first-order valence-electron chi connectivity index (χ1n) is 8.43.